The molecule has 25 heavy (non-hydrogen) atoms. The molecule has 0 fully saturated rings. The Hall–Kier alpha value is -3.19. The van der Waals surface area contributed by atoms with Crippen LogP contribution < -0.4 is 5.32 Å². The van der Waals surface area contributed by atoms with Crippen LogP contribution in [0.25, 0.3) is 16.8 Å². The molecule has 0 saturated heterocycles. The van der Waals surface area contributed by atoms with Crippen LogP contribution in [0.5, 0.6) is 0 Å². The van der Waals surface area contributed by atoms with Crippen LogP contribution in [0.2, 0.25) is 5.02 Å². The fraction of sp³-hybridized carbons (Fsp3) is 0.0588. The quantitative estimate of drug-likeness (QED) is 0.608. The Labute approximate surface area is 147 Å². The van der Waals surface area contributed by atoms with Crippen LogP contribution in [0.3, 0.4) is 0 Å². The second kappa shape index (κ2) is 6.03. The van der Waals surface area contributed by atoms with Gasteiger partial charge in [0, 0.05) is 12.6 Å². The van der Waals surface area contributed by atoms with Gasteiger partial charge in [-0.2, -0.15) is 0 Å². The third kappa shape index (κ3) is 2.97. The van der Waals surface area contributed by atoms with Gasteiger partial charge in [0.25, 0.3) is 5.91 Å². The molecule has 0 saturated carbocycles. The van der Waals surface area contributed by atoms with Gasteiger partial charge in [0.05, 0.1) is 16.9 Å². The van der Waals surface area contributed by atoms with E-state index >= 15 is 0 Å². The van der Waals surface area contributed by atoms with Gasteiger partial charge < -0.3 is 9.73 Å². The number of anilines is 1. The molecule has 0 aliphatic rings. The van der Waals surface area contributed by atoms with Crippen LogP contribution in [0.1, 0.15) is 16.4 Å². The Morgan fingerprint density at radius 1 is 1.24 bits per heavy atom. The van der Waals surface area contributed by atoms with Crippen molar-refractivity contribution in [2.24, 2.45) is 0 Å². The fourth-order valence-electron chi connectivity index (χ4n) is 2.44. The number of carbonyl (C=O) groups excluding carboxylic acids is 1. The summed E-state index contributed by atoms with van der Waals surface area (Å²) in [6.45, 7) is 1.77. The van der Waals surface area contributed by atoms with Crippen molar-refractivity contribution in [3.05, 3.63) is 65.3 Å². The summed E-state index contributed by atoms with van der Waals surface area (Å²) in [7, 11) is 0. The molecular weight excluding hydrogens is 342 g/mol. The summed E-state index contributed by atoms with van der Waals surface area (Å²) < 4.78 is 6.87. The van der Waals surface area contributed by atoms with E-state index in [9.17, 15) is 4.79 Å². The first-order chi connectivity index (χ1) is 12.1. The number of benzene rings is 2. The van der Waals surface area contributed by atoms with Gasteiger partial charge in [0.2, 0.25) is 0 Å². The fourth-order valence-corrected chi connectivity index (χ4v) is 2.66. The van der Waals surface area contributed by atoms with Crippen molar-refractivity contribution in [2.45, 2.75) is 6.92 Å². The molecule has 0 aliphatic carbocycles. The smallest absolute Gasteiger partial charge is 0.277 e. The summed E-state index contributed by atoms with van der Waals surface area (Å²) in [6.07, 6.45) is 1.52. The lowest BCUT2D eigenvalue weighted by Crippen LogP contribution is -2.12. The highest BCUT2D eigenvalue weighted by molar-refractivity contribution is 6.32. The summed E-state index contributed by atoms with van der Waals surface area (Å²) in [4.78, 5) is 16.6. The Kier molecular flexibility index (Phi) is 3.70. The molecule has 0 aliphatic heterocycles. The summed E-state index contributed by atoms with van der Waals surface area (Å²) >= 11 is 6.13. The third-order valence-corrected chi connectivity index (χ3v) is 3.90. The van der Waals surface area contributed by atoms with Crippen molar-refractivity contribution in [2.75, 3.05) is 5.32 Å². The molecule has 8 heteroatoms. The highest BCUT2D eigenvalue weighted by Gasteiger charge is 2.14. The first-order valence-electron chi connectivity index (χ1n) is 7.46. The minimum atomic E-state index is -0.377. The first kappa shape index (κ1) is 15.3. The molecule has 0 bridgehead atoms. The van der Waals surface area contributed by atoms with Gasteiger partial charge in [-0.05, 0) is 30.3 Å². The van der Waals surface area contributed by atoms with Crippen LogP contribution >= 0.6 is 11.6 Å². The molecular formula is C17H12ClN5O2. The number of amides is 1. The Morgan fingerprint density at radius 3 is 2.92 bits per heavy atom. The largest absolute Gasteiger partial charge is 0.441 e. The monoisotopic (exact) mass is 353 g/mol. The number of nitrogens with one attached hydrogen (secondary N) is 1. The molecule has 1 amide bonds. The summed E-state index contributed by atoms with van der Waals surface area (Å²) in [5.74, 6) is 0.194. The van der Waals surface area contributed by atoms with Crippen molar-refractivity contribution in [1.29, 1.82) is 0 Å². The van der Waals surface area contributed by atoms with Gasteiger partial charge in [-0.1, -0.05) is 28.9 Å². The molecule has 0 atom stereocenters. The van der Waals surface area contributed by atoms with E-state index in [4.69, 9.17) is 16.0 Å². The van der Waals surface area contributed by atoms with Crippen LogP contribution in [0, 0.1) is 6.92 Å². The molecule has 2 aromatic heterocycles. The summed E-state index contributed by atoms with van der Waals surface area (Å²) in [5, 5.41) is 11.2. The number of halogens is 1. The number of aromatic nitrogens is 4. The molecule has 0 spiro atoms. The number of para-hydroxylation sites is 1. The predicted molar refractivity (Wildman–Crippen MR) is 93.1 cm³/mol. The van der Waals surface area contributed by atoms with Gasteiger partial charge in [-0.3, -0.25) is 4.79 Å². The first-order valence-corrected chi connectivity index (χ1v) is 7.84. The number of hydrogen-bond donors (Lipinski definition) is 1. The number of carbonyl (C=O) groups is 1. The van der Waals surface area contributed by atoms with E-state index in [-0.39, 0.29) is 11.6 Å². The van der Waals surface area contributed by atoms with E-state index in [2.05, 4.69) is 20.6 Å². The lowest BCUT2D eigenvalue weighted by Gasteiger charge is -2.02. The maximum Gasteiger partial charge on any atom is 0.277 e. The van der Waals surface area contributed by atoms with E-state index in [1.165, 1.54) is 10.9 Å². The van der Waals surface area contributed by atoms with Gasteiger partial charge in [0.15, 0.2) is 17.2 Å². The molecule has 4 rings (SSSR count). The van der Waals surface area contributed by atoms with Gasteiger partial charge in [0.1, 0.15) is 5.52 Å². The number of oxazole rings is 1. The zero-order chi connectivity index (χ0) is 17.4. The highest BCUT2D eigenvalue weighted by Crippen LogP contribution is 2.21. The third-order valence-electron chi connectivity index (χ3n) is 3.58. The van der Waals surface area contributed by atoms with E-state index < -0.39 is 0 Å². The maximum absolute atomic E-state index is 12.4. The summed E-state index contributed by atoms with van der Waals surface area (Å²) in [6, 6.07) is 12.4. The molecule has 0 unspecified atom stereocenters. The number of aryl methyl sites for hydroxylation is 1. The lowest BCUT2D eigenvalue weighted by atomic mass is 10.2. The SMILES string of the molecule is Cc1nc2cc(NC(=O)c3cn(-c4ccccc4Cl)nn3)ccc2o1. The second-order valence-corrected chi connectivity index (χ2v) is 5.78. The zero-order valence-corrected chi connectivity index (χ0v) is 13.9. The molecule has 0 radical (unpaired) electrons. The molecule has 124 valence electrons. The topological polar surface area (TPSA) is 85.8 Å². The molecule has 4 aromatic rings. The van der Waals surface area contributed by atoms with E-state index in [0.29, 0.717) is 33.4 Å². The van der Waals surface area contributed by atoms with Crippen molar-refractivity contribution in [1.82, 2.24) is 20.0 Å². The molecule has 2 aromatic carbocycles. The normalized spacial score (nSPS) is 11.0. The predicted octanol–water partition coefficient (Wildman–Crippen LogP) is 3.62. The van der Waals surface area contributed by atoms with Gasteiger partial charge >= 0.3 is 0 Å². The maximum atomic E-state index is 12.4. The van der Waals surface area contributed by atoms with Crippen LogP contribution in [-0.2, 0) is 0 Å². The van der Waals surface area contributed by atoms with Gasteiger partial charge in [-0.25, -0.2) is 9.67 Å². The molecule has 1 N–H and O–H groups in total. The van der Waals surface area contributed by atoms with Crippen LogP contribution in [-0.4, -0.2) is 25.9 Å². The minimum Gasteiger partial charge on any atom is -0.441 e. The lowest BCUT2D eigenvalue weighted by molar-refractivity contribution is 0.102. The molecule has 7 nitrogen and oxygen atoms in total. The zero-order valence-electron chi connectivity index (χ0n) is 13.1. The van der Waals surface area contributed by atoms with E-state index in [1.54, 1.807) is 37.3 Å². The average molecular weight is 354 g/mol. The van der Waals surface area contributed by atoms with E-state index in [1.807, 2.05) is 12.1 Å². The minimum absolute atomic E-state index is 0.177. The second-order valence-electron chi connectivity index (χ2n) is 5.37. The standard InChI is InChI=1S/C17H12ClN5O2/c1-10-19-13-8-11(6-7-16(13)25-10)20-17(24)14-9-23(22-21-14)15-5-3-2-4-12(15)18/h2-9H,1H3,(H,20,24). The molecule has 2 heterocycles. The Balaban J connectivity index is 1.57. The summed E-state index contributed by atoms with van der Waals surface area (Å²) in [5.41, 5.74) is 2.76. The van der Waals surface area contributed by atoms with Gasteiger partial charge in [-0.15, -0.1) is 5.10 Å². The van der Waals surface area contributed by atoms with Crippen LogP contribution in [0.4, 0.5) is 5.69 Å². The number of nitrogens with zero attached hydrogens (tertiary/aromatic N) is 4. The van der Waals surface area contributed by atoms with Crippen molar-refractivity contribution in [3.8, 4) is 5.69 Å². The van der Waals surface area contributed by atoms with Crippen molar-refractivity contribution in [3.63, 3.8) is 0 Å². The Morgan fingerprint density at radius 2 is 2.08 bits per heavy atom. The average Bonchev–Trinajstić information content (AvgIpc) is 3.20. The number of hydrogen-bond acceptors (Lipinski definition) is 5. The Bertz CT molecular complexity index is 1090. The highest BCUT2D eigenvalue weighted by atomic mass is 35.5. The van der Waals surface area contributed by atoms with E-state index in [0.717, 1.165) is 0 Å². The number of fused-ring (bicyclic) bond motifs is 1. The number of rotatable bonds is 3. The van der Waals surface area contributed by atoms with Crippen molar-refractivity contribution >= 4 is 34.3 Å². The van der Waals surface area contributed by atoms with Crippen LogP contribution in [0.15, 0.2) is 53.1 Å². The van der Waals surface area contributed by atoms with Crippen molar-refractivity contribution < 1.29 is 9.21 Å².